The van der Waals surface area contributed by atoms with Gasteiger partial charge in [-0.1, -0.05) is 59.6 Å². The molecule has 0 radical (unpaired) electrons. The van der Waals surface area contributed by atoms with Crippen molar-refractivity contribution in [2.45, 2.75) is 38.3 Å². The second-order valence-electron chi connectivity index (χ2n) is 8.63. The highest BCUT2D eigenvalue weighted by Crippen LogP contribution is 2.33. The Kier molecular flexibility index (Phi) is 9.77. The van der Waals surface area contributed by atoms with Crippen LogP contribution in [0.2, 0.25) is 5.02 Å². The molecule has 38 heavy (non-hydrogen) atoms. The molecule has 0 spiro atoms. The van der Waals surface area contributed by atoms with Gasteiger partial charge in [-0.25, -0.2) is 8.42 Å². The van der Waals surface area contributed by atoms with Crippen molar-refractivity contribution < 1.29 is 22.7 Å². The molecule has 1 atom stereocenters. The van der Waals surface area contributed by atoms with Gasteiger partial charge in [-0.3, -0.25) is 13.9 Å². The average molecular weight is 558 g/mol. The van der Waals surface area contributed by atoms with Crippen molar-refractivity contribution in [3.8, 4) is 5.75 Å². The summed E-state index contributed by atoms with van der Waals surface area (Å²) in [4.78, 5) is 27.8. The highest BCUT2D eigenvalue weighted by atomic mass is 35.5. The molecule has 0 saturated heterocycles. The summed E-state index contributed by atoms with van der Waals surface area (Å²) in [5, 5.41) is 2.99. The maximum absolute atomic E-state index is 13.9. The lowest BCUT2D eigenvalue weighted by Crippen LogP contribution is -2.50. The molecule has 10 heteroatoms. The molecule has 1 N–H and O–H groups in total. The zero-order valence-corrected chi connectivity index (χ0v) is 23.4. The van der Waals surface area contributed by atoms with Gasteiger partial charge in [-0.05, 0) is 56.7 Å². The molecule has 8 nitrogen and oxygen atoms in total. The van der Waals surface area contributed by atoms with Crippen molar-refractivity contribution in [3.05, 3.63) is 88.9 Å². The van der Waals surface area contributed by atoms with Crippen molar-refractivity contribution >= 4 is 39.1 Å². The van der Waals surface area contributed by atoms with E-state index in [0.717, 1.165) is 9.87 Å². The van der Waals surface area contributed by atoms with Crippen LogP contribution >= 0.6 is 11.6 Å². The van der Waals surface area contributed by atoms with E-state index in [2.05, 4.69) is 5.32 Å². The summed E-state index contributed by atoms with van der Waals surface area (Å²) in [6, 6.07) is 19.1. The van der Waals surface area contributed by atoms with Crippen molar-refractivity contribution in [3.63, 3.8) is 0 Å². The second-order valence-corrected chi connectivity index (χ2v) is 10.9. The molecule has 0 aliphatic carbocycles. The molecular formula is C28H32ClN3O5S. The third-order valence-corrected chi connectivity index (χ3v) is 8.18. The third kappa shape index (κ3) is 6.65. The summed E-state index contributed by atoms with van der Waals surface area (Å²) < 4.78 is 34.6. The van der Waals surface area contributed by atoms with E-state index in [0.29, 0.717) is 22.9 Å². The summed E-state index contributed by atoms with van der Waals surface area (Å²) >= 11 is 6.35. The van der Waals surface area contributed by atoms with E-state index in [9.17, 15) is 18.0 Å². The summed E-state index contributed by atoms with van der Waals surface area (Å²) in [5.41, 5.74) is 1.74. The number of carbonyl (C=O) groups is 2. The summed E-state index contributed by atoms with van der Waals surface area (Å²) in [6.07, 6.45) is 0. The Bertz CT molecular complexity index is 1380. The quantitative estimate of drug-likeness (QED) is 0.377. The summed E-state index contributed by atoms with van der Waals surface area (Å²) in [5.74, 6) is -0.661. The van der Waals surface area contributed by atoms with Gasteiger partial charge >= 0.3 is 0 Å². The van der Waals surface area contributed by atoms with Gasteiger partial charge < -0.3 is 15.0 Å². The number of hydrogen-bond donors (Lipinski definition) is 1. The van der Waals surface area contributed by atoms with Crippen LogP contribution in [0, 0.1) is 6.92 Å². The largest absolute Gasteiger partial charge is 0.492 e. The van der Waals surface area contributed by atoms with Crippen molar-refractivity contribution in [2.24, 2.45) is 0 Å². The molecule has 0 heterocycles. The van der Waals surface area contributed by atoms with E-state index in [-0.39, 0.29) is 17.1 Å². The molecule has 3 aromatic rings. The molecule has 3 aromatic carbocycles. The lowest BCUT2D eigenvalue weighted by molar-refractivity contribution is -0.139. The number of benzene rings is 3. The van der Waals surface area contributed by atoms with Crippen LogP contribution < -0.4 is 14.4 Å². The maximum Gasteiger partial charge on any atom is 0.264 e. The number of aryl methyl sites for hydroxylation is 1. The van der Waals surface area contributed by atoms with Crippen molar-refractivity contribution in [2.75, 3.05) is 24.5 Å². The first-order chi connectivity index (χ1) is 18.1. The Morgan fingerprint density at radius 2 is 1.63 bits per heavy atom. The number of para-hydroxylation sites is 2. The maximum atomic E-state index is 13.9. The van der Waals surface area contributed by atoms with E-state index in [4.69, 9.17) is 16.3 Å². The van der Waals surface area contributed by atoms with Crippen LogP contribution in [0.1, 0.15) is 25.0 Å². The Morgan fingerprint density at radius 3 is 2.26 bits per heavy atom. The number of anilines is 1. The highest BCUT2D eigenvalue weighted by molar-refractivity contribution is 7.92. The van der Waals surface area contributed by atoms with Crippen molar-refractivity contribution in [1.82, 2.24) is 10.2 Å². The number of nitrogens with zero attached hydrogens (tertiary/aromatic N) is 2. The van der Waals surface area contributed by atoms with E-state index in [1.54, 1.807) is 74.5 Å². The molecular weight excluding hydrogens is 526 g/mol. The van der Waals surface area contributed by atoms with Gasteiger partial charge in [0.2, 0.25) is 11.8 Å². The summed E-state index contributed by atoms with van der Waals surface area (Å²) in [7, 11) is -2.72. The topological polar surface area (TPSA) is 96.0 Å². The SMILES string of the molecule is CCOc1ccccc1N(CC(=O)N(Cc1ccccc1Cl)C(C)C(=O)NC)S(=O)(=O)c1ccc(C)cc1. The van der Waals surface area contributed by atoms with Crippen LogP contribution in [0.25, 0.3) is 0 Å². The van der Waals surface area contributed by atoms with Gasteiger partial charge in [0.15, 0.2) is 0 Å². The minimum atomic E-state index is -4.19. The number of rotatable bonds is 11. The van der Waals surface area contributed by atoms with Crippen LogP contribution in [0.15, 0.2) is 77.7 Å². The number of ether oxygens (including phenoxy) is 1. The zero-order chi connectivity index (χ0) is 27.9. The first-order valence-corrected chi connectivity index (χ1v) is 14.0. The Labute approximate surface area is 229 Å². The molecule has 2 amide bonds. The molecule has 0 aliphatic rings. The highest BCUT2D eigenvalue weighted by Gasteiger charge is 2.33. The molecule has 3 rings (SSSR count). The van der Waals surface area contributed by atoms with Gasteiger partial charge in [0.1, 0.15) is 18.3 Å². The molecule has 1 unspecified atom stereocenters. The van der Waals surface area contributed by atoms with E-state index < -0.39 is 34.4 Å². The Morgan fingerprint density at radius 1 is 1.00 bits per heavy atom. The lowest BCUT2D eigenvalue weighted by atomic mass is 10.1. The van der Waals surface area contributed by atoms with E-state index in [1.165, 1.54) is 24.1 Å². The minimum absolute atomic E-state index is 0.0125. The molecule has 0 aromatic heterocycles. The van der Waals surface area contributed by atoms with Crippen LogP contribution in [0.3, 0.4) is 0 Å². The van der Waals surface area contributed by atoms with E-state index in [1.807, 2.05) is 6.92 Å². The number of carbonyl (C=O) groups excluding carboxylic acids is 2. The van der Waals surface area contributed by atoms with Crippen LogP contribution in [-0.2, 0) is 26.2 Å². The average Bonchev–Trinajstić information content (AvgIpc) is 2.91. The van der Waals surface area contributed by atoms with Gasteiger partial charge in [0, 0.05) is 18.6 Å². The van der Waals surface area contributed by atoms with Crippen LogP contribution in [0.4, 0.5) is 5.69 Å². The lowest BCUT2D eigenvalue weighted by Gasteiger charge is -2.32. The fourth-order valence-electron chi connectivity index (χ4n) is 3.89. The summed E-state index contributed by atoms with van der Waals surface area (Å²) in [6.45, 7) is 4.98. The van der Waals surface area contributed by atoms with E-state index >= 15 is 0 Å². The van der Waals surface area contributed by atoms with Crippen molar-refractivity contribution in [1.29, 1.82) is 0 Å². The van der Waals surface area contributed by atoms with Gasteiger partial charge in [0.25, 0.3) is 10.0 Å². The number of sulfonamides is 1. The van der Waals surface area contributed by atoms with Gasteiger partial charge in [-0.15, -0.1) is 0 Å². The van der Waals surface area contributed by atoms with Crippen LogP contribution in [-0.4, -0.2) is 51.4 Å². The number of likely N-dealkylation sites (N-methyl/N-ethyl adjacent to an activating group) is 1. The van der Waals surface area contributed by atoms with Crippen LogP contribution in [0.5, 0.6) is 5.75 Å². The first kappa shape index (κ1) is 29.0. The fraction of sp³-hybridized carbons (Fsp3) is 0.286. The zero-order valence-electron chi connectivity index (χ0n) is 21.8. The number of amides is 2. The fourth-order valence-corrected chi connectivity index (χ4v) is 5.51. The molecule has 0 saturated carbocycles. The predicted octanol–water partition coefficient (Wildman–Crippen LogP) is 4.41. The monoisotopic (exact) mass is 557 g/mol. The molecule has 0 bridgehead atoms. The minimum Gasteiger partial charge on any atom is -0.492 e. The molecule has 0 aliphatic heterocycles. The molecule has 0 fully saturated rings. The normalized spacial score (nSPS) is 11.9. The Balaban J connectivity index is 2.10. The predicted molar refractivity (Wildman–Crippen MR) is 149 cm³/mol. The molecule has 202 valence electrons. The second kappa shape index (κ2) is 12.8. The van der Waals surface area contributed by atoms with Gasteiger partial charge in [-0.2, -0.15) is 0 Å². The first-order valence-electron chi connectivity index (χ1n) is 12.2. The third-order valence-electron chi connectivity index (χ3n) is 6.03. The number of nitrogens with one attached hydrogen (secondary N) is 1. The number of hydrogen-bond acceptors (Lipinski definition) is 5. The van der Waals surface area contributed by atoms with Gasteiger partial charge in [0.05, 0.1) is 17.2 Å². The number of halogens is 1. The Hall–Kier alpha value is -3.56. The smallest absolute Gasteiger partial charge is 0.264 e. The standard InChI is InChI=1S/C28H32ClN3O5S/c1-5-37-26-13-9-8-12-25(26)32(38(35,36)23-16-14-20(2)15-17-23)19-27(33)31(21(3)28(34)30-4)18-22-10-6-7-11-24(22)29/h6-17,21H,5,18-19H2,1-4H3,(H,30,34).